The molecule has 3 aliphatic carbocycles. The number of esters is 1. The molecule has 27 heavy (non-hydrogen) atoms. The van der Waals surface area contributed by atoms with Crippen LogP contribution < -0.4 is 4.90 Å². The third-order valence-electron chi connectivity index (χ3n) is 7.09. The van der Waals surface area contributed by atoms with Crippen molar-refractivity contribution in [2.75, 3.05) is 4.90 Å². The predicted octanol–water partition coefficient (Wildman–Crippen LogP) is 3.71. The van der Waals surface area contributed by atoms with Crippen LogP contribution in [-0.4, -0.2) is 23.9 Å². The Bertz CT molecular complexity index is 769. The van der Waals surface area contributed by atoms with Gasteiger partial charge < -0.3 is 4.74 Å². The van der Waals surface area contributed by atoms with Crippen molar-refractivity contribution >= 4 is 23.5 Å². The number of carbonyl (C=O) groups excluding carboxylic acids is 3. The average Bonchev–Trinajstić information content (AvgIpc) is 3.36. The second-order valence-corrected chi connectivity index (χ2v) is 8.61. The molecule has 0 unspecified atom stereocenters. The van der Waals surface area contributed by atoms with Crippen molar-refractivity contribution in [2.24, 2.45) is 23.7 Å². The van der Waals surface area contributed by atoms with Crippen LogP contribution in [0, 0.1) is 23.7 Å². The van der Waals surface area contributed by atoms with E-state index in [0.717, 1.165) is 44.9 Å². The van der Waals surface area contributed by atoms with E-state index in [1.54, 1.807) is 24.3 Å². The second kappa shape index (κ2) is 6.47. The van der Waals surface area contributed by atoms with Crippen LogP contribution in [0.5, 0.6) is 0 Å². The van der Waals surface area contributed by atoms with E-state index in [2.05, 4.69) is 0 Å². The molecule has 2 amide bonds. The number of nitrogens with zero attached hydrogens (tertiary/aromatic N) is 1. The molecule has 0 radical (unpaired) electrons. The van der Waals surface area contributed by atoms with Crippen LogP contribution in [0.4, 0.5) is 5.69 Å². The zero-order valence-corrected chi connectivity index (χ0v) is 15.4. The van der Waals surface area contributed by atoms with Crippen molar-refractivity contribution in [1.82, 2.24) is 0 Å². The summed E-state index contributed by atoms with van der Waals surface area (Å²) >= 11 is 0. The van der Waals surface area contributed by atoms with Gasteiger partial charge in [-0.25, -0.2) is 4.79 Å². The van der Waals surface area contributed by atoms with Crippen molar-refractivity contribution in [2.45, 2.75) is 57.5 Å². The van der Waals surface area contributed by atoms with Crippen LogP contribution in [-0.2, 0) is 14.3 Å². The van der Waals surface area contributed by atoms with E-state index in [1.807, 2.05) is 0 Å². The van der Waals surface area contributed by atoms with Crippen molar-refractivity contribution in [3.63, 3.8) is 0 Å². The minimum absolute atomic E-state index is 0.0139. The van der Waals surface area contributed by atoms with E-state index < -0.39 is 0 Å². The lowest BCUT2D eigenvalue weighted by Crippen LogP contribution is -2.33. The third kappa shape index (κ3) is 2.70. The van der Waals surface area contributed by atoms with E-state index in [4.69, 9.17) is 4.74 Å². The zero-order chi connectivity index (χ0) is 18.5. The van der Waals surface area contributed by atoms with E-state index >= 15 is 0 Å². The Hall–Kier alpha value is -2.17. The van der Waals surface area contributed by atoms with Crippen LogP contribution in [0.2, 0.25) is 0 Å². The number of anilines is 1. The van der Waals surface area contributed by atoms with Gasteiger partial charge in [0.25, 0.3) is 0 Å². The molecule has 4 atom stereocenters. The predicted molar refractivity (Wildman–Crippen MR) is 99.0 cm³/mol. The van der Waals surface area contributed by atoms with E-state index in [9.17, 15) is 14.4 Å². The monoisotopic (exact) mass is 367 g/mol. The summed E-state index contributed by atoms with van der Waals surface area (Å²) in [6, 6.07) is 6.82. The number of fused-ring (bicyclic) bond motifs is 5. The van der Waals surface area contributed by atoms with Gasteiger partial charge in [0.1, 0.15) is 6.10 Å². The highest BCUT2D eigenvalue weighted by molar-refractivity contribution is 6.22. The summed E-state index contributed by atoms with van der Waals surface area (Å²) in [6.45, 7) is 0. The zero-order valence-electron chi connectivity index (χ0n) is 15.4. The molecule has 0 spiro atoms. The first-order valence-electron chi connectivity index (χ1n) is 10.3. The van der Waals surface area contributed by atoms with Gasteiger partial charge in [0.05, 0.1) is 23.1 Å². The summed E-state index contributed by atoms with van der Waals surface area (Å²) in [5.41, 5.74) is 0.926. The summed E-state index contributed by atoms with van der Waals surface area (Å²) < 4.78 is 5.64. The molecule has 4 aliphatic rings. The number of hydrogen-bond acceptors (Lipinski definition) is 4. The molecule has 1 aliphatic heterocycles. The maximum absolute atomic E-state index is 13.0. The minimum Gasteiger partial charge on any atom is -0.459 e. The molecule has 3 saturated carbocycles. The molecule has 1 aromatic carbocycles. The van der Waals surface area contributed by atoms with E-state index in [-0.39, 0.29) is 35.7 Å². The van der Waals surface area contributed by atoms with Crippen molar-refractivity contribution in [3.05, 3.63) is 29.8 Å². The molecule has 4 fully saturated rings. The fourth-order valence-corrected chi connectivity index (χ4v) is 5.84. The van der Waals surface area contributed by atoms with Gasteiger partial charge in [0, 0.05) is 0 Å². The Morgan fingerprint density at radius 3 is 2.26 bits per heavy atom. The van der Waals surface area contributed by atoms with Crippen LogP contribution in [0.1, 0.15) is 61.7 Å². The number of rotatable bonds is 3. The first kappa shape index (κ1) is 17.0. The van der Waals surface area contributed by atoms with Gasteiger partial charge in [0.15, 0.2) is 0 Å². The van der Waals surface area contributed by atoms with Crippen molar-refractivity contribution in [1.29, 1.82) is 0 Å². The van der Waals surface area contributed by atoms with Crippen LogP contribution in [0.3, 0.4) is 0 Å². The molecule has 2 bridgehead atoms. The van der Waals surface area contributed by atoms with Crippen LogP contribution in [0.15, 0.2) is 24.3 Å². The Balaban J connectivity index is 1.37. The highest BCUT2D eigenvalue weighted by Gasteiger charge is 2.61. The lowest BCUT2D eigenvalue weighted by Gasteiger charge is -2.22. The molecule has 0 aromatic heterocycles. The van der Waals surface area contributed by atoms with Gasteiger partial charge in [0.2, 0.25) is 11.8 Å². The standard InChI is InChI=1S/C22H25NO4/c24-20-18-13-9-10-14(11-13)19(18)21(25)23(20)16-6-4-5-15(12-16)22(26)27-17-7-2-1-3-8-17/h4-6,12-14,17-19H,1-3,7-11H2/t13-,14-,18+,19+/m0/s1. The van der Waals surface area contributed by atoms with E-state index in [1.165, 1.54) is 11.3 Å². The van der Waals surface area contributed by atoms with Gasteiger partial charge in [-0.3, -0.25) is 14.5 Å². The van der Waals surface area contributed by atoms with E-state index in [0.29, 0.717) is 23.1 Å². The molecule has 0 N–H and O–H groups in total. The lowest BCUT2D eigenvalue weighted by atomic mass is 9.81. The maximum atomic E-state index is 13.0. The number of hydrogen-bond donors (Lipinski definition) is 0. The highest BCUT2D eigenvalue weighted by Crippen LogP contribution is 2.56. The van der Waals surface area contributed by atoms with Crippen LogP contribution >= 0.6 is 0 Å². The number of carbonyl (C=O) groups is 3. The normalized spacial score (nSPS) is 32.8. The topological polar surface area (TPSA) is 63.7 Å². The Morgan fingerprint density at radius 2 is 1.59 bits per heavy atom. The Labute approximate surface area is 159 Å². The van der Waals surface area contributed by atoms with Crippen molar-refractivity contribution in [3.8, 4) is 0 Å². The smallest absolute Gasteiger partial charge is 0.338 e. The first-order valence-corrected chi connectivity index (χ1v) is 10.3. The highest BCUT2D eigenvalue weighted by atomic mass is 16.5. The molecular weight excluding hydrogens is 342 g/mol. The molecule has 5 heteroatoms. The quantitative estimate of drug-likeness (QED) is 0.603. The fraction of sp³-hybridized carbons (Fsp3) is 0.591. The molecule has 1 heterocycles. The van der Waals surface area contributed by atoms with Gasteiger partial charge in [-0.2, -0.15) is 0 Å². The Morgan fingerprint density at radius 1 is 0.926 bits per heavy atom. The van der Waals surface area contributed by atoms with Gasteiger partial charge in [-0.1, -0.05) is 12.5 Å². The summed E-state index contributed by atoms with van der Waals surface area (Å²) in [6.07, 6.45) is 8.36. The summed E-state index contributed by atoms with van der Waals surface area (Å²) in [4.78, 5) is 39.8. The van der Waals surface area contributed by atoms with Gasteiger partial charge >= 0.3 is 5.97 Å². The first-order chi connectivity index (χ1) is 13.1. The SMILES string of the molecule is O=C(OC1CCCCC1)c1cccc(N2C(=O)[C@@H]3[C@H]4CC[C@@H](C4)[C@H]3C2=O)c1. The summed E-state index contributed by atoms with van der Waals surface area (Å²) in [5, 5.41) is 0. The lowest BCUT2D eigenvalue weighted by molar-refractivity contribution is -0.123. The van der Waals surface area contributed by atoms with Gasteiger partial charge in [-0.15, -0.1) is 0 Å². The molecule has 142 valence electrons. The van der Waals surface area contributed by atoms with Crippen molar-refractivity contribution < 1.29 is 19.1 Å². The molecule has 5 rings (SSSR count). The van der Waals surface area contributed by atoms with Gasteiger partial charge in [-0.05, 0) is 75.0 Å². The number of imide groups is 1. The number of amides is 2. The summed E-state index contributed by atoms with van der Waals surface area (Å²) in [7, 11) is 0. The van der Waals surface area contributed by atoms with Crippen LogP contribution in [0.25, 0.3) is 0 Å². The number of ether oxygens (including phenoxy) is 1. The largest absolute Gasteiger partial charge is 0.459 e. The fourth-order valence-electron chi connectivity index (χ4n) is 5.84. The molecule has 1 aromatic rings. The minimum atomic E-state index is -0.358. The Kier molecular flexibility index (Phi) is 4.06. The molecule has 1 saturated heterocycles. The molecule has 5 nitrogen and oxygen atoms in total. The third-order valence-corrected chi connectivity index (χ3v) is 7.09. The maximum Gasteiger partial charge on any atom is 0.338 e. The second-order valence-electron chi connectivity index (χ2n) is 8.61. The number of benzene rings is 1. The summed E-state index contributed by atoms with van der Waals surface area (Å²) in [5.74, 6) is -0.0712. The molecular formula is C22H25NO4. The average molecular weight is 367 g/mol.